The molecule has 6 nitrogen and oxygen atoms in total. The van der Waals surface area contributed by atoms with Crippen molar-refractivity contribution in [2.45, 2.75) is 26.8 Å². The molecular weight excluding hydrogens is 318 g/mol. The highest BCUT2D eigenvalue weighted by atomic mass is 16.5. The molecule has 0 aliphatic rings. The summed E-state index contributed by atoms with van der Waals surface area (Å²) in [5, 5.41) is 6.10. The van der Waals surface area contributed by atoms with Crippen molar-refractivity contribution in [2.75, 3.05) is 17.2 Å². The third-order valence-corrected chi connectivity index (χ3v) is 3.74. The Labute approximate surface area is 147 Å². The zero-order valence-corrected chi connectivity index (χ0v) is 14.6. The van der Waals surface area contributed by atoms with Gasteiger partial charge in [0.1, 0.15) is 11.8 Å². The van der Waals surface area contributed by atoms with Gasteiger partial charge >= 0.3 is 0 Å². The van der Waals surface area contributed by atoms with E-state index in [1.165, 1.54) is 0 Å². The Hall–Kier alpha value is -3.02. The van der Waals surface area contributed by atoms with Crippen LogP contribution in [0.3, 0.4) is 0 Å². The molecule has 132 valence electrons. The normalized spacial score (nSPS) is 11.5. The van der Waals surface area contributed by atoms with Gasteiger partial charge in [-0.05, 0) is 56.2 Å². The molecule has 0 spiro atoms. The number of nitrogens with two attached hydrogens (primary N) is 1. The quantitative estimate of drug-likeness (QED) is 0.721. The smallest absolute Gasteiger partial charge is 0.255 e. The first-order valence-electron chi connectivity index (χ1n) is 8.01. The van der Waals surface area contributed by atoms with Crippen molar-refractivity contribution >= 4 is 23.2 Å². The lowest BCUT2D eigenvalue weighted by atomic mass is 10.1. The van der Waals surface area contributed by atoms with Crippen LogP contribution >= 0.6 is 0 Å². The molecule has 0 aliphatic carbocycles. The molecule has 0 saturated carbocycles. The topological polar surface area (TPSA) is 93.4 Å². The summed E-state index contributed by atoms with van der Waals surface area (Å²) in [6.07, 6.45) is 0. The maximum Gasteiger partial charge on any atom is 0.255 e. The molecule has 0 saturated heterocycles. The van der Waals surface area contributed by atoms with E-state index in [1.54, 1.807) is 31.2 Å². The summed E-state index contributed by atoms with van der Waals surface area (Å²) < 4.78 is 5.20. The molecule has 0 radical (unpaired) electrons. The second kappa shape index (κ2) is 8.19. The fraction of sp³-hybridized carbons (Fsp3) is 0.263. The Kier molecular flexibility index (Phi) is 6.00. The maximum atomic E-state index is 12.4. The molecule has 0 aliphatic heterocycles. The van der Waals surface area contributed by atoms with Gasteiger partial charge in [0.25, 0.3) is 5.91 Å². The van der Waals surface area contributed by atoms with Crippen LogP contribution in [0.1, 0.15) is 18.1 Å². The summed E-state index contributed by atoms with van der Waals surface area (Å²) in [6.45, 7) is 5.55. The van der Waals surface area contributed by atoms with Crippen LogP contribution in [0.5, 0.6) is 5.75 Å². The molecule has 4 N–H and O–H groups in total. The molecule has 2 amide bonds. The fourth-order valence-corrected chi connectivity index (χ4v) is 2.36. The van der Waals surface area contributed by atoms with E-state index in [1.807, 2.05) is 32.0 Å². The predicted octanol–water partition coefficient (Wildman–Crippen LogP) is 2.61. The second-order valence-corrected chi connectivity index (χ2v) is 5.90. The van der Waals surface area contributed by atoms with Crippen LogP contribution < -0.4 is 21.1 Å². The SMILES string of the molecule is Cc1cccc(C)c1NC(=O)[C@@H](C)Nc1ccc(OCC(N)=O)cc1. The van der Waals surface area contributed by atoms with E-state index >= 15 is 0 Å². The first kappa shape index (κ1) is 18.3. The molecule has 0 unspecified atom stereocenters. The summed E-state index contributed by atoms with van der Waals surface area (Å²) in [4.78, 5) is 23.1. The van der Waals surface area contributed by atoms with Gasteiger partial charge in [-0.1, -0.05) is 18.2 Å². The zero-order valence-electron chi connectivity index (χ0n) is 14.6. The number of amides is 2. The molecule has 0 aromatic heterocycles. The summed E-state index contributed by atoms with van der Waals surface area (Å²) in [7, 11) is 0. The number of nitrogens with one attached hydrogen (secondary N) is 2. The van der Waals surface area contributed by atoms with E-state index in [0.29, 0.717) is 5.75 Å². The molecule has 0 bridgehead atoms. The Bertz CT molecular complexity index is 737. The van der Waals surface area contributed by atoms with Gasteiger partial charge in [-0.3, -0.25) is 9.59 Å². The van der Waals surface area contributed by atoms with Crippen molar-refractivity contribution in [3.05, 3.63) is 53.6 Å². The van der Waals surface area contributed by atoms with Gasteiger partial charge in [-0.25, -0.2) is 0 Å². The Morgan fingerprint density at radius 1 is 1.08 bits per heavy atom. The maximum absolute atomic E-state index is 12.4. The number of rotatable bonds is 7. The predicted molar refractivity (Wildman–Crippen MR) is 98.8 cm³/mol. The van der Waals surface area contributed by atoms with E-state index in [2.05, 4.69) is 10.6 Å². The second-order valence-electron chi connectivity index (χ2n) is 5.90. The van der Waals surface area contributed by atoms with E-state index < -0.39 is 11.9 Å². The fourth-order valence-electron chi connectivity index (χ4n) is 2.36. The number of anilines is 2. The molecule has 0 heterocycles. The lowest BCUT2D eigenvalue weighted by molar-refractivity contribution is -0.120. The summed E-state index contributed by atoms with van der Waals surface area (Å²) in [5.74, 6) is -0.109. The highest BCUT2D eigenvalue weighted by molar-refractivity contribution is 5.97. The molecule has 2 rings (SSSR count). The molecule has 0 fully saturated rings. The van der Waals surface area contributed by atoms with Crippen LogP contribution in [-0.4, -0.2) is 24.5 Å². The Balaban J connectivity index is 1.95. The first-order chi connectivity index (χ1) is 11.9. The number of carbonyl (C=O) groups excluding carboxylic acids is 2. The van der Waals surface area contributed by atoms with E-state index in [0.717, 1.165) is 22.5 Å². The number of carbonyl (C=O) groups is 2. The number of hydrogen-bond acceptors (Lipinski definition) is 4. The number of benzene rings is 2. The molecule has 1 atom stereocenters. The van der Waals surface area contributed by atoms with Gasteiger partial charge in [0.2, 0.25) is 5.91 Å². The standard InChI is InChI=1S/C19H23N3O3/c1-12-5-4-6-13(2)18(12)22-19(24)14(3)21-15-7-9-16(10-8-15)25-11-17(20)23/h4-10,14,21H,11H2,1-3H3,(H2,20,23)(H,22,24)/t14-/m1/s1. The molecular formula is C19H23N3O3. The lowest BCUT2D eigenvalue weighted by Gasteiger charge is -2.18. The summed E-state index contributed by atoms with van der Waals surface area (Å²) >= 11 is 0. The van der Waals surface area contributed by atoms with Crippen LogP contribution in [0.25, 0.3) is 0 Å². The van der Waals surface area contributed by atoms with E-state index in [4.69, 9.17) is 10.5 Å². The van der Waals surface area contributed by atoms with Crippen molar-refractivity contribution in [1.29, 1.82) is 0 Å². The highest BCUT2D eigenvalue weighted by Gasteiger charge is 2.14. The van der Waals surface area contributed by atoms with Gasteiger partial charge in [0, 0.05) is 11.4 Å². The van der Waals surface area contributed by atoms with Gasteiger partial charge in [0.05, 0.1) is 0 Å². The lowest BCUT2D eigenvalue weighted by Crippen LogP contribution is -2.32. The van der Waals surface area contributed by atoms with E-state index in [9.17, 15) is 9.59 Å². The Morgan fingerprint density at radius 3 is 2.24 bits per heavy atom. The van der Waals surface area contributed by atoms with Gasteiger partial charge < -0.3 is 21.1 Å². The van der Waals surface area contributed by atoms with Gasteiger partial charge in [-0.15, -0.1) is 0 Å². The highest BCUT2D eigenvalue weighted by Crippen LogP contribution is 2.20. The number of primary amides is 1. The van der Waals surface area contributed by atoms with Crippen molar-refractivity contribution in [3.63, 3.8) is 0 Å². The zero-order chi connectivity index (χ0) is 18.4. The largest absolute Gasteiger partial charge is 0.484 e. The number of ether oxygens (including phenoxy) is 1. The number of para-hydroxylation sites is 1. The van der Waals surface area contributed by atoms with Crippen molar-refractivity contribution in [2.24, 2.45) is 5.73 Å². The van der Waals surface area contributed by atoms with Crippen molar-refractivity contribution in [3.8, 4) is 5.75 Å². The minimum absolute atomic E-state index is 0.119. The Morgan fingerprint density at radius 2 is 1.68 bits per heavy atom. The van der Waals surface area contributed by atoms with Crippen LogP contribution in [0.15, 0.2) is 42.5 Å². The minimum Gasteiger partial charge on any atom is -0.484 e. The van der Waals surface area contributed by atoms with Gasteiger partial charge in [0.15, 0.2) is 6.61 Å². The molecule has 2 aromatic rings. The average molecular weight is 341 g/mol. The summed E-state index contributed by atoms with van der Waals surface area (Å²) in [5.41, 5.74) is 8.70. The third kappa shape index (κ3) is 5.24. The third-order valence-electron chi connectivity index (χ3n) is 3.74. The monoisotopic (exact) mass is 341 g/mol. The average Bonchev–Trinajstić information content (AvgIpc) is 2.57. The van der Waals surface area contributed by atoms with Crippen LogP contribution in [0.4, 0.5) is 11.4 Å². The molecule has 25 heavy (non-hydrogen) atoms. The van der Waals surface area contributed by atoms with Crippen LogP contribution in [0, 0.1) is 13.8 Å². The van der Waals surface area contributed by atoms with Gasteiger partial charge in [-0.2, -0.15) is 0 Å². The summed E-state index contributed by atoms with van der Waals surface area (Å²) in [6, 6.07) is 12.4. The van der Waals surface area contributed by atoms with E-state index in [-0.39, 0.29) is 12.5 Å². The minimum atomic E-state index is -0.529. The van der Waals surface area contributed by atoms with Crippen molar-refractivity contribution in [1.82, 2.24) is 0 Å². The van der Waals surface area contributed by atoms with Crippen molar-refractivity contribution < 1.29 is 14.3 Å². The molecule has 2 aromatic carbocycles. The van der Waals surface area contributed by atoms with Crippen LogP contribution in [0.2, 0.25) is 0 Å². The van der Waals surface area contributed by atoms with Crippen LogP contribution in [-0.2, 0) is 9.59 Å². The first-order valence-corrected chi connectivity index (χ1v) is 8.01. The number of aryl methyl sites for hydroxylation is 2. The number of hydrogen-bond donors (Lipinski definition) is 3. The molecule has 6 heteroatoms.